The first kappa shape index (κ1) is 10.0. The van der Waals surface area contributed by atoms with E-state index >= 15 is 0 Å². The van der Waals surface area contributed by atoms with Crippen molar-refractivity contribution in [2.45, 2.75) is 12.2 Å². The molecule has 1 aromatic rings. The molecule has 4 heteroatoms. The Kier molecular flexibility index (Phi) is 3.73. The maximum absolute atomic E-state index is 10.3. The van der Waals surface area contributed by atoms with Gasteiger partial charge in [-0.3, -0.25) is 0 Å². The van der Waals surface area contributed by atoms with Gasteiger partial charge in [-0.1, -0.05) is 41.9 Å². The van der Waals surface area contributed by atoms with Gasteiger partial charge in [0, 0.05) is 0 Å². The summed E-state index contributed by atoms with van der Waals surface area (Å²) in [7, 11) is 0. The fourth-order valence-corrected chi connectivity index (χ4v) is 0.878. The van der Waals surface area contributed by atoms with Crippen LogP contribution in [0.4, 0.5) is 0 Å². The van der Waals surface area contributed by atoms with Crippen molar-refractivity contribution in [3.8, 4) is 0 Å². The second-order valence-electron chi connectivity index (χ2n) is 2.45. The molecule has 0 aliphatic carbocycles. The summed E-state index contributed by atoms with van der Waals surface area (Å²) in [4.78, 5) is 10.3. The molecule has 0 aromatic heterocycles. The zero-order valence-corrected chi connectivity index (χ0v) is 7.57. The summed E-state index contributed by atoms with van der Waals surface area (Å²) in [6.45, 7) is 0.210. The van der Waals surface area contributed by atoms with Crippen LogP contribution in [-0.4, -0.2) is 16.6 Å². The highest BCUT2D eigenvalue weighted by atomic mass is 35.5. The number of carboxylic acid groups (broad SMARTS) is 1. The van der Waals surface area contributed by atoms with E-state index in [0.717, 1.165) is 5.56 Å². The molecule has 0 aliphatic rings. The van der Waals surface area contributed by atoms with E-state index in [1.54, 1.807) is 0 Å². The lowest BCUT2D eigenvalue weighted by atomic mass is 10.2. The molecule has 0 radical (unpaired) electrons. The lowest BCUT2D eigenvalue weighted by molar-refractivity contribution is -0.145. The van der Waals surface area contributed by atoms with Crippen molar-refractivity contribution in [1.29, 1.82) is 0 Å². The molecule has 0 saturated carbocycles. The number of hydrogen-bond acceptors (Lipinski definition) is 2. The van der Waals surface area contributed by atoms with Crippen molar-refractivity contribution < 1.29 is 14.6 Å². The van der Waals surface area contributed by atoms with Crippen molar-refractivity contribution in [2.24, 2.45) is 0 Å². The van der Waals surface area contributed by atoms with Gasteiger partial charge in [0.25, 0.3) is 0 Å². The smallest absolute Gasteiger partial charge is 0.348 e. The van der Waals surface area contributed by atoms with E-state index < -0.39 is 11.5 Å². The Morgan fingerprint density at radius 1 is 1.46 bits per heavy atom. The van der Waals surface area contributed by atoms with Crippen LogP contribution in [-0.2, 0) is 16.1 Å². The van der Waals surface area contributed by atoms with Gasteiger partial charge in [-0.15, -0.1) is 0 Å². The fraction of sp³-hybridized carbons (Fsp3) is 0.222. The van der Waals surface area contributed by atoms with Gasteiger partial charge in [-0.2, -0.15) is 0 Å². The fourth-order valence-electron chi connectivity index (χ4n) is 0.815. The molecule has 70 valence electrons. The average Bonchev–Trinajstić information content (AvgIpc) is 2.15. The van der Waals surface area contributed by atoms with E-state index in [9.17, 15) is 4.79 Å². The molecular weight excluding hydrogens is 192 g/mol. The Labute approximate surface area is 80.9 Å². The second kappa shape index (κ2) is 4.84. The summed E-state index contributed by atoms with van der Waals surface area (Å²) in [5, 5.41) is 8.40. The number of halogens is 1. The van der Waals surface area contributed by atoms with Gasteiger partial charge in [0.15, 0.2) is 0 Å². The number of aliphatic carboxylic acids is 1. The maximum atomic E-state index is 10.3. The highest BCUT2D eigenvalue weighted by Crippen LogP contribution is 2.05. The van der Waals surface area contributed by atoms with Gasteiger partial charge in [0.1, 0.15) is 0 Å². The monoisotopic (exact) mass is 200 g/mol. The zero-order chi connectivity index (χ0) is 9.68. The van der Waals surface area contributed by atoms with Gasteiger partial charge in [-0.25, -0.2) is 4.79 Å². The first-order valence-corrected chi connectivity index (χ1v) is 4.16. The Balaban J connectivity index is 2.39. The van der Waals surface area contributed by atoms with E-state index in [0.29, 0.717) is 0 Å². The van der Waals surface area contributed by atoms with Crippen LogP contribution < -0.4 is 0 Å². The van der Waals surface area contributed by atoms with E-state index in [1.165, 1.54) is 0 Å². The van der Waals surface area contributed by atoms with Crippen LogP contribution in [0.3, 0.4) is 0 Å². The topological polar surface area (TPSA) is 46.5 Å². The van der Waals surface area contributed by atoms with Crippen molar-refractivity contribution in [1.82, 2.24) is 0 Å². The highest BCUT2D eigenvalue weighted by molar-refractivity contribution is 6.28. The van der Waals surface area contributed by atoms with Crippen LogP contribution in [0, 0.1) is 0 Å². The van der Waals surface area contributed by atoms with E-state index in [-0.39, 0.29) is 6.61 Å². The van der Waals surface area contributed by atoms with Crippen LogP contribution in [0.15, 0.2) is 30.3 Å². The Morgan fingerprint density at radius 3 is 2.62 bits per heavy atom. The molecule has 0 bridgehead atoms. The molecule has 1 rings (SSSR count). The lowest BCUT2D eigenvalue weighted by Gasteiger charge is -2.05. The summed E-state index contributed by atoms with van der Waals surface area (Å²) >= 11 is 5.34. The first-order valence-electron chi connectivity index (χ1n) is 3.72. The predicted molar refractivity (Wildman–Crippen MR) is 48.5 cm³/mol. The van der Waals surface area contributed by atoms with Crippen LogP contribution in [0.5, 0.6) is 0 Å². The number of carboxylic acids is 1. The first-order chi connectivity index (χ1) is 6.20. The molecule has 13 heavy (non-hydrogen) atoms. The summed E-state index contributed by atoms with van der Waals surface area (Å²) in [6.07, 6.45) is 0. The molecule has 0 aliphatic heterocycles. The maximum Gasteiger partial charge on any atom is 0.348 e. The summed E-state index contributed by atoms with van der Waals surface area (Å²) < 4.78 is 4.86. The minimum Gasteiger partial charge on any atom is -0.478 e. The molecule has 0 fully saturated rings. The number of rotatable bonds is 4. The molecule has 0 spiro atoms. The largest absolute Gasteiger partial charge is 0.478 e. The third-order valence-corrected chi connectivity index (χ3v) is 1.75. The van der Waals surface area contributed by atoms with Gasteiger partial charge < -0.3 is 9.84 Å². The molecule has 1 aromatic carbocycles. The normalized spacial score (nSPS) is 12.4. The molecule has 3 nitrogen and oxygen atoms in total. The second-order valence-corrected chi connectivity index (χ2v) is 2.85. The molecule has 0 saturated heterocycles. The quantitative estimate of drug-likeness (QED) is 0.755. The summed E-state index contributed by atoms with van der Waals surface area (Å²) in [5.41, 5.74) is -0.380. The highest BCUT2D eigenvalue weighted by Gasteiger charge is 2.12. The molecule has 1 N–H and O–H groups in total. The van der Waals surface area contributed by atoms with Gasteiger partial charge in [0.2, 0.25) is 5.56 Å². The zero-order valence-electron chi connectivity index (χ0n) is 6.81. The van der Waals surface area contributed by atoms with E-state index in [4.69, 9.17) is 21.4 Å². The minimum atomic E-state index is -1.28. The SMILES string of the molecule is O=C(O)C(Cl)OCc1ccccc1. The van der Waals surface area contributed by atoms with Crippen molar-refractivity contribution in [2.75, 3.05) is 0 Å². The van der Waals surface area contributed by atoms with Crippen molar-refractivity contribution in [3.05, 3.63) is 35.9 Å². The molecule has 0 amide bonds. The van der Waals surface area contributed by atoms with Crippen molar-refractivity contribution in [3.63, 3.8) is 0 Å². The summed E-state index contributed by atoms with van der Waals surface area (Å²) in [5.74, 6) is -1.17. The number of carbonyl (C=O) groups is 1. The summed E-state index contributed by atoms with van der Waals surface area (Å²) in [6, 6.07) is 9.25. The molecule has 0 heterocycles. The van der Waals surface area contributed by atoms with Gasteiger partial charge >= 0.3 is 5.97 Å². The predicted octanol–water partition coefficient (Wildman–Crippen LogP) is 1.85. The van der Waals surface area contributed by atoms with E-state index in [2.05, 4.69) is 0 Å². The molecular formula is C9H9ClO3. The van der Waals surface area contributed by atoms with Crippen LogP contribution >= 0.6 is 11.6 Å². The number of benzene rings is 1. The van der Waals surface area contributed by atoms with Crippen LogP contribution in [0.1, 0.15) is 5.56 Å². The van der Waals surface area contributed by atoms with Crippen molar-refractivity contribution >= 4 is 17.6 Å². The average molecular weight is 201 g/mol. The third-order valence-electron chi connectivity index (χ3n) is 1.43. The lowest BCUT2D eigenvalue weighted by Crippen LogP contribution is -2.16. The molecule has 1 unspecified atom stereocenters. The number of ether oxygens (including phenoxy) is 1. The van der Waals surface area contributed by atoms with Crippen LogP contribution in [0.25, 0.3) is 0 Å². The third kappa shape index (κ3) is 3.44. The number of alkyl halides is 1. The number of hydrogen-bond donors (Lipinski definition) is 1. The Hall–Kier alpha value is -1.06. The Morgan fingerprint density at radius 2 is 2.08 bits per heavy atom. The van der Waals surface area contributed by atoms with Gasteiger partial charge in [-0.05, 0) is 5.56 Å². The minimum absolute atomic E-state index is 0.210. The van der Waals surface area contributed by atoms with Crippen LogP contribution in [0.2, 0.25) is 0 Å². The van der Waals surface area contributed by atoms with E-state index in [1.807, 2.05) is 30.3 Å². The molecule has 1 atom stereocenters. The Bertz CT molecular complexity index is 273. The van der Waals surface area contributed by atoms with Gasteiger partial charge in [0.05, 0.1) is 6.61 Å². The standard InChI is InChI=1S/C9H9ClO3/c10-8(9(11)12)13-6-7-4-2-1-3-5-7/h1-5,8H,6H2,(H,11,12).